The molecule has 0 atom stereocenters. The average Bonchev–Trinajstić information content (AvgIpc) is 3.58. The van der Waals surface area contributed by atoms with E-state index >= 15 is 0 Å². The summed E-state index contributed by atoms with van der Waals surface area (Å²) in [4.78, 5) is 2.46. The predicted molar refractivity (Wildman–Crippen MR) is 198 cm³/mol. The Morgan fingerprint density at radius 2 is 1.09 bits per heavy atom. The van der Waals surface area contributed by atoms with E-state index in [9.17, 15) is 0 Å². The van der Waals surface area contributed by atoms with Crippen molar-refractivity contribution in [3.8, 4) is 27.9 Å². The standard InChI is InChI=1S/C45H34N2/c1-45(2)39-20-11-9-19-38(39)44-40(45)21-13-23-42(44)46(34-26-24-32(25-27-34)31-14-5-3-6-15-31)35-28-29-37-36-18-10-12-22-41(36)47(43(37)30-35)33-16-7-4-8-17-33/h3-30H,1-2H3. The third kappa shape index (κ3) is 4.26. The van der Waals surface area contributed by atoms with Gasteiger partial charge in [-0.2, -0.15) is 0 Å². The van der Waals surface area contributed by atoms with Crippen LogP contribution in [0.2, 0.25) is 0 Å². The highest BCUT2D eigenvalue weighted by molar-refractivity contribution is 6.10. The minimum atomic E-state index is -0.0888. The molecule has 9 rings (SSSR count). The first-order chi connectivity index (χ1) is 23.1. The molecule has 0 saturated heterocycles. The maximum Gasteiger partial charge on any atom is 0.0561 e. The van der Waals surface area contributed by atoms with Crippen LogP contribution in [0, 0.1) is 0 Å². The van der Waals surface area contributed by atoms with Gasteiger partial charge in [-0.1, -0.05) is 135 Å². The van der Waals surface area contributed by atoms with E-state index in [0.29, 0.717) is 0 Å². The van der Waals surface area contributed by atoms with Crippen LogP contribution in [0.4, 0.5) is 17.1 Å². The summed E-state index contributed by atoms with van der Waals surface area (Å²) in [6.45, 7) is 4.70. The van der Waals surface area contributed by atoms with Crippen molar-refractivity contribution in [2.24, 2.45) is 0 Å². The van der Waals surface area contributed by atoms with Gasteiger partial charge in [-0.15, -0.1) is 0 Å². The van der Waals surface area contributed by atoms with Gasteiger partial charge in [0.1, 0.15) is 0 Å². The van der Waals surface area contributed by atoms with E-state index in [-0.39, 0.29) is 5.41 Å². The lowest BCUT2D eigenvalue weighted by atomic mass is 9.82. The highest BCUT2D eigenvalue weighted by Crippen LogP contribution is 2.54. The third-order valence-corrected chi connectivity index (χ3v) is 9.99. The SMILES string of the molecule is CC1(C)c2ccccc2-c2c(N(c3ccc(-c4ccccc4)cc3)c3ccc4c5ccccc5n(-c5ccccc5)c4c3)cccc21. The second-order valence-corrected chi connectivity index (χ2v) is 13.0. The van der Waals surface area contributed by atoms with E-state index in [1.54, 1.807) is 0 Å². The summed E-state index contributed by atoms with van der Waals surface area (Å²) in [6.07, 6.45) is 0. The molecule has 1 heterocycles. The minimum Gasteiger partial charge on any atom is -0.310 e. The molecule has 224 valence electrons. The normalized spacial score (nSPS) is 13.1. The Kier molecular flexibility index (Phi) is 6.20. The van der Waals surface area contributed by atoms with Gasteiger partial charge in [-0.25, -0.2) is 0 Å². The molecule has 1 aliphatic carbocycles. The number of rotatable bonds is 5. The topological polar surface area (TPSA) is 8.17 Å². The zero-order chi connectivity index (χ0) is 31.5. The quantitative estimate of drug-likeness (QED) is 0.190. The van der Waals surface area contributed by atoms with E-state index in [4.69, 9.17) is 0 Å². The summed E-state index contributed by atoms with van der Waals surface area (Å²) in [6, 6.07) is 61.8. The van der Waals surface area contributed by atoms with Gasteiger partial charge < -0.3 is 9.47 Å². The zero-order valence-corrected chi connectivity index (χ0v) is 26.6. The number of anilines is 3. The van der Waals surface area contributed by atoms with Crippen molar-refractivity contribution in [1.82, 2.24) is 4.57 Å². The van der Waals surface area contributed by atoms with Crippen LogP contribution >= 0.6 is 0 Å². The van der Waals surface area contributed by atoms with Gasteiger partial charge in [0.25, 0.3) is 0 Å². The molecule has 2 heteroatoms. The first-order valence-corrected chi connectivity index (χ1v) is 16.4. The van der Waals surface area contributed by atoms with Crippen LogP contribution in [0.3, 0.4) is 0 Å². The lowest BCUT2D eigenvalue weighted by molar-refractivity contribution is 0.660. The number of hydrogen-bond acceptors (Lipinski definition) is 1. The summed E-state index contributed by atoms with van der Waals surface area (Å²) in [5.41, 5.74) is 14.7. The van der Waals surface area contributed by atoms with E-state index < -0.39 is 0 Å². The third-order valence-electron chi connectivity index (χ3n) is 9.99. The van der Waals surface area contributed by atoms with E-state index in [1.165, 1.54) is 60.9 Å². The molecule has 0 N–H and O–H groups in total. The summed E-state index contributed by atoms with van der Waals surface area (Å²) in [7, 11) is 0. The van der Waals surface area contributed by atoms with Gasteiger partial charge in [0.05, 0.1) is 16.7 Å². The summed E-state index contributed by atoms with van der Waals surface area (Å²) in [5.74, 6) is 0. The van der Waals surface area contributed by atoms with E-state index in [2.05, 4.69) is 193 Å². The molecule has 2 nitrogen and oxygen atoms in total. The Bertz CT molecular complexity index is 2420. The molecule has 0 saturated carbocycles. The van der Waals surface area contributed by atoms with Crippen LogP contribution in [0.15, 0.2) is 170 Å². The summed E-state index contributed by atoms with van der Waals surface area (Å²) in [5, 5.41) is 2.50. The van der Waals surface area contributed by atoms with Crippen molar-refractivity contribution in [3.05, 3.63) is 181 Å². The van der Waals surface area contributed by atoms with Crippen molar-refractivity contribution in [3.63, 3.8) is 0 Å². The lowest BCUT2D eigenvalue weighted by Crippen LogP contribution is -2.16. The van der Waals surface area contributed by atoms with Gasteiger partial charge in [0.2, 0.25) is 0 Å². The van der Waals surface area contributed by atoms with Crippen molar-refractivity contribution < 1.29 is 0 Å². The molecule has 0 radical (unpaired) electrons. The van der Waals surface area contributed by atoms with Gasteiger partial charge in [0.15, 0.2) is 0 Å². The van der Waals surface area contributed by atoms with Crippen molar-refractivity contribution >= 4 is 38.9 Å². The molecule has 0 amide bonds. The van der Waals surface area contributed by atoms with Crippen LogP contribution in [0.25, 0.3) is 49.7 Å². The van der Waals surface area contributed by atoms with Crippen LogP contribution in [0.5, 0.6) is 0 Å². The molecule has 1 aromatic heterocycles. The Hall–Kier alpha value is -5.86. The molecular formula is C45H34N2. The minimum absolute atomic E-state index is 0.0888. The van der Waals surface area contributed by atoms with Crippen LogP contribution < -0.4 is 4.90 Å². The second-order valence-electron chi connectivity index (χ2n) is 13.0. The number of para-hydroxylation sites is 2. The Labute approximate surface area is 275 Å². The van der Waals surface area contributed by atoms with Crippen LogP contribution in [0.1, 0.15) is 25.0 Å². The molecule has 0 bridgehead atoms. The van der Waals surface area contributed by atoms with Crippen LogP contribution in [-0.4, -0.2) is 4.57 Å². The van der Waals surface area contributed by atoms with Crippen LogP contribution in [-0.2, 0) is 5.41 Å². The fourth-order valence-electron chi connectivity index (χ4n) is 7.74. The largest absolute Gasteiger partial charge is 0.310 e. The zero-order valence-electron chi connectivity index (χ0n) is 26.6. The fraction of sp³-hybridized carbons (Fsp3) is 0.0667. The predicted octanol–water partition coefficient (Wildman–Crippen LogP) is 12.2. The average molecular weight is 603 g/mol. The van der Waals surface area contributed by atoms with Gasteiger partial charge in [-0.05, 0) is 76.3 Å². The monoisotopic (exact) mass is 602 g/mol. The smallest absolute Gasteiger partial charge is 0.0561 e. The number of aromatic nitrogens is 1. The molecule has 8 aromatic rings. The maximum atomic E-state index is 2.46. The van der Waals surface area contributed by atoms with Gasteiger partial charge in [0, 0.05) is 38.8 Å². The molecule has 0 spiro atoms. The Balaban J connectivity index is 1.31. The van der Waals surface area contributed by atoms with Crippen molar-refractivity contribution in [1.29, 1.82) is 0 Å². The number of hydrogen-bond donors (Lipinski definition) is 0. The lowest BCUT2D eigenvalue weighted by Gasteiger charge is -2.29. The molecule has 0 unspecified atom stereocenters. The molecule has 0 aliphatic heterocycles. The summed E-state index contributed by atoms with van der Waals surface area (Å²) < 4.78 is 2.40. The molecule has 47 heavy (non-hydrogen) atoms. The number of benzene rings is 7. The molecule has 1 aliphatic rings. The van der Waals surface area contributed by atoms with Crippen molar-refractivity contribution in [2.75, 3.05) is 4.90 Å². The maximum absolute atomic E-state index is 2.46. The van der Waals surface area contributed by atoms with E-state index in [0.717, 1.165) is 17.1 Å². The summed E-state index contributed by atoms with van der Waals surface area (Å²) >= 11 is 0. The Morgan fingerprint density at radius 3 is 1.89 bits per heavy atom. The Morgan fingerprint density at radius 1 is 0.468 bits per heavy atom. The highest BCUT2D eigenvalue weighted by Gasteiger charge is 2.37. The number of fused-ring (bicyclic) bond motifs is 6. The molecule has 0 fully saturated rings. The van der Waals surface area contributed by atoms with E-state index in [1.807, 2.05) is 0 Å². The highest BCUT2D eigenvalue weighted by atomic mass is 15.1. The molecular weight excluding hydrogens is 569 g/mol. The number of nitrogens with zero attached hydrogens (tertiary/aromatic N) is 2. The molecule has 7 aromatic carbocycles. The van der Waals surface area contributed by atoms with Crippen molar-refractivity contribution in [2.45, 2.75) is 19.3 Å². The van der Waals surface area contributed by atoms with Gasteiger partial charge in [-0.3, -0.25) is 0 Å². The first kappa shape index (κ1) is 27.5. The second kappa shape index (κ2) is 10.6. The fourth-order valence-corrected chi connectivity index (χ4v) is 7.74. The first-order valence-electron chi connectivity index (χ1n) is 16.4. The van der Waals surface area contributed by atoms with Gasteiger partial charge >= 0.3 is 0 Å².